The molecule has 0 aliphatic rings. The van der Waals surface area contributed by atoms with Gasteiger partial charge in [0.05, 0.1) is 0 Å². The lowest BCUT2D eigenvalue weighted by atomic mass is 9.98. The van der Waals surface area contributed by atoms with Gasteiger partial charge in [0, 0.05) is 4.75 Å². The van der Waals surface area contributed by atoms with Crippen molar-refractivity contribution in [1.29, 1.82) is 0 Å². The number of aromatic nitrogens is 1. The van der Waals surface area contributed by atoms with E-state index in [1.54, 1.807) is 11.8 Å². The van der Waals surface area contributed by atoms with Crippen LogP contribution in [-0.2, 0) is 4.75 Å². The van der Waals surface area contributed by atoms with Crippen molar-refractivity contribution >= 4 is 22.9 Å². The van der Waals surface area contributed by atoms with E-state index in [9.17, 15) is 0 Å². The Morgan fingerprint density at radius 1 is 1.05 bits per heavy atom. The fourth-order valence-corrected chi connectivity index (χ4v) is 3.27. The Hall–Kier alpha value is -1.74. The Balaban J connectivity index is 1.95. The number of fused-ring (bicyclic) bond motifs is 1. The van der Waals surface area contributed by atoms with Gasteiger partial charge in [-0.05, 0) is 31.0 Å². The molecule has 3 aromatic rings. The van der Waals surface area contributed by atoms with Crippen molar-refractivity contribution in [2.75, 3.05) is 0 Å². The largest absolute Gasteiger partial charge is 0.431 e. The number of thioether (sulfide) groups is 1. The van der Waals surface area contributed by atoms with E-state index in [4.69, 9.17) is 4.42 Å². The van der Waals surface area contributed by atoms with E-state index in [1.165, 1.54) is 5.56 Å². The molecular formula is C17H17NOS. The maximum Gasteiger partial charge on any atom is 0.257 e. The predicted octanol–water partition coefficient (Wildman–Crippen LogP) is 5.25. The van der Waals surface area contributed by atoms with Crippen LogP contribution in [0.15, 0.2) is 64.2 Å². The zero-order chi connectivity index (χ0) is 14.0. The first-order valence-corrected chi connectivity index (χ1v) is 7.63. The van der Waals surface area contributed by atoms with E-state index < -0.39 is 0 Å². The van der Waals surface area contributed by atoms with Gasteiger partial charge in [-0.2, -0.15) is 0 Å². The molecule has 1 heterocycles. The number of benzene rings is 2. The number of para-hydroxylation sites is 2. The highest BCUT2D eigenvalue weighted by atomic mass is 32.2. The highest BCUT2D eigenvalue weighted by Gasteiger charge is 2.28. The van der Waals surface area contributed by atoms with Crippen molar-refractivity contribution in [2.24, 2.45) is 0 Å². The van der Waals surface area contributed by atoms with Crippen LogP contribution in [0.1, 0.15) is 25.8 Å². The van der Waals surface area contributed by atoms with E-state index in [-0.39, 0.29) is 4.75 Å². The van der Waals surface area contributed by atoms with Crippen molar-refractivity contribution in [3.63, 3.8) is 0 Å². The first-order valence-electron chi connectivity index (χ1n) is 6.81. The van der Waals surface area contributed by atoms with E-state index in [0.29, 0.717) is 0 Å². The van der Waals surface area contributed by atoms with Crippen LogP contribution in [0.3, 0.4) is 0 Å². The minimum atomic E-state index is -0.0257. The topological polar surface area (TPSA) is 26.0 Å². The van der Waals surface area contributed by atoms with Gasteiger partial charge in [-0.15, -0.1) is 0 Å². The second-order valence-corrected chi connectivity index (χ2v) is 6.45. The third kappa shape index (κ3) is 2.46. The summed E-state index contributed by atoms with van der Waals surface area (Å²) in [5.41, 5.74) is 3.07. The molecule has 1 atom stereocenters. The van der Waals surface area contributed by atoms with Gasteiger partial charge >= 0.3 is 0 Å². The average molecular weight is 283 g/mol. The summed E-state index contributed by atoms with van der Waals surface area (Å²) in [4.78, 5) is 4.57. The smallest absolute Gasteiger partial charge is 0.257 e. The van der Waals surface area contributed by atoms with Crippen LogP contribution in [0.2, 0.25) is 0 Å². The summed E-state index contributed by atoms with van der Waals surface area (Å²) in [6, 6.07) is 18.4. The van der Waals surface area contributed by atoms with Crippen LogP contribution in [0.25, 0.3) is 11.1 Å². The third-order valence-electron chi connectivity index (χ3n) is 3.65. The van der Waals surface area contributed by atoms with Gasteiger partial charge < -0.3 is 4.42 Å². The Bertz CT molecular complexity index is 674. The van der Waals surface area contributed by atoms with Gasteiger partial charge in [0.2, 0.25) is 0 Å². The van der Waals surface area contributed by atoms with E-state index in [2.05, 4.69) is 43.1 Å². The van der Waals surface area contributed by atoms with Gasteiger partial charge in [0.25, 0.3) is 5.22 Å². The molecule has 2 aromatic carbocycles. The van der Waals surface area contributed by atoms with Crippen molar-refractivity contribution < 1.29 is 4.42 Å². The second-order valence-electron chi connectivity index (χ2n) is 5.00. The molecule has 0 fully saturated rings. The Morgan fingerprint density at radius 3 is 2.45 bits per heavy atom. The van der Waals surface area contributed by atoms with E-state index in [1.807, 2.05) is 30.3 Å². The van der Waals surface area contributed by atoms with Gasteiger partial charge in [-0.1, -0.05) is 61.2 Å². The van der Waals surface area contributed by atoms with Crippen LogP contribution >= 0.6 is 11.8 Å². The van der Waals surface area contributed by atoms with Crippen molar-refractivity contribution in [1.82, 2.24) is 4.98 Å². The minimum Gasteiger partial charge on any atom is -0.431 e. The van der Waals surface area contributed by atoms with Crippen LogP contribution in [0.4, 0.5) is 0 Å². The molecule has 0 radical (unpaired) electrons. The Labute approximate surface area is 123 Å². The van der Waals surface area contributed by atoms with Crippen LogP contribution in [0, 0.1) is 0 Å². The fourth-order valence-electron chi connectivity index (χ4n) is 2.21. The molecule has 0 spiro atoms. The molecule has 0 N–H and O–H groups in total. The van der Waals surface area contributed by atoms with Crippen molar-refractivity contribution in [3.05, 3.63) is 60.2 Å². The first kappa shape index (κ1) is 13.3. The van der Waals surface area contributed by atoms with Crippen LogP contribution < -0.4 is 0 Å². The van der Waals surface area contributed by atoms with Gasteiger partial charge in [0.15, 0.2) is 5.58 Å². The first-order chi connectivity index (χ1) is 9.71. The normalized spacial score (nSPS) is 14.3. The van der Waals surface area contributed by atoms with Crippen molar-refractivity contribution in [2.45, 2.75) is 30.2 Å². The number of hydrogen-bond donors (Lipinski definition) is 0. The molecular weight excluding hydrogens is 266 g/mol. The summed E-state index contributed by atoms with van der Waals surface area (Å²) < 4.78 is 5.81. The van der Waals surface area contributed by atoms with Crippen molar-refractivity contribution in [3.8, 4) is 0 Å². The molecule has 102 valence electrons. The Morgan fingerprint density at radius 2 is 1.75 bits per heavy atom. The summed E-state index contributed by atoms with van der Waals surface area (Å²) in [5, 5.41) is 0.736. The molecule has 0 aliphatic carbocycles. The molecule has 0 saturated carbocycles. The molecule has 0 unspecified atom stereocenters. The molecule has 3 rings (SSSR count). The molecule has 2 nitrogen and oxygen atoms in total. The second kappa shape index (κ2) is 5.33. The summed E-state index contributed by atoms with van der Waals surface area (Å²) in [7, 11) is 0. The van der Waals surface area contributed by atoms with Crippen LogP contribution in [-0.4, -0.2) is 4.98 Å². The SMILES string of the molecule is CC[C@@](C)(Sc1nc2ccccc2o1)c1ccccc1. The van der Waals surface area contributed by atoms with Gasteiger partial charge in [0.1, 0.15) is 5.52 Å². The maximum atomic E-state index is 5.84. The standard InChI is InChI=1S/C17H17NOS/c1-3-17(2,13-9-5-4-6-10-13)20-16-18-14-11-7-8-12-15(14)19-16/h4-12H,3H2,1-2H3/t17-/m1/s1. The lowest BCUT2D eigenvalue weighted by Crippen LogP contribution is -2.15. The van der Waals surface area contributed by atoms with E-state index in [0.717, 1.165) is 22.7 Å². The highest BCUT2D eigenvalue weighted by molar-refractivity contribution is 8.00. The minimum absolute atomic E-state index is 0.0257. The third-order valence-corrected chi connectivity index (χ3v) is 4.97. The van der Waals surface area contributed by atoms with E-state index >= 15 is 0 Å². The quantitative estimate of drug-likeness (QED) is 0.612. The predicted molar refractivity (Wildman–Crippen MR) is 84.0 cm³/mol. The highest BCUT2D eigenvalue weighted by Crippen LogP contribution is 2.43. The monoisotopic (exact) mass is 283 g/mol. The zero-order valence-electron chi connectivity index (χ0n) is 11.7. The van der Waals surface area contributed by atoms with Gasteiger partial charge in [-0.25, -0.2) is 4.98 Å². The molecule has 0 bridgehead atoms. The maximum absolute atomic E-state index is 5.84. The fraction of sp³-hybridized carbons (Fsp3) is 0.235. The molecule has 0 amide bonds. The molecule has 0 saturated heterocycles. The molecule has 0 aliphatic heterocycles. The lowest BCUT2D eigenvalue weighted by Gasteiger charge is -2.26. The summed E-state index contributed by atoms with van der Waals surface area (Å²) in [6.07, 6.45) is 1.01. The summed E-state index contributed by atoms with van der Waals surface area (Å²) in [6.45, 7) is 4.44. The Kier molecular flexibility index (Phi) is 3.53. The van der Waals surface area contributed by atoms with Crippen LogP contribution in [0.5, 0.6) is 0 Å². The van der Waals surface area contributed by atoms with Gasteiger partial charge in [-0.3, -0.25) is 0 Å². The zero-order valence-corrected chi connectivity index (χ0v) is 12.5. The number of hydrogen-bond acceptors (Lipinski definition) is 3. The lowest BCUT2D eigenvalue weighted by molar-refractivity contribution is 0.483. The summed E-state index contributed by atoms with van der Waals surface area (Å²) in [5.74, 6) is 0. The number of oxazole rings is 1. The number of rotatable bonds is 4. The molecule has 3 heteroatoms. The molecule has 1 aromatic heterocycles. The molecule has 20 heavy (non-hydrogen) atoms. The summed E-state index contributed by atoms with van der Waals surface area (Å²) >= 11 is 1.69. The average Bonchev–Trinajstić information content (AvgIpc) is 2.90. The number of nitrogens with zero attached hydrogens (tertiary/aromatic N) is 1.